The molecule has 0 unspecified atom stereocenters. The third-order valence-electron chi connectivity index (χ3n) is 5.86. The lowest BCUT2D eigenvalue weighted by molar-refractivity contribution is 0.0600. The molecule has 3 heterocycles. The number of methoxy groups -OCH3 is 1. The third kappa shape index (κ3) is 4.59. The molecule has 0 fully saturated rings. The van der Waals surface area contributed by atoms with Crippen molar-refractivity contribution in [3.05, 3.63) is 97.4 Å². The summed E-state index contributed by atoms with van der Waals surface area (Å²) in [6.07, 6.45) is 2.26. The van der Waals surface area contributed by atoms with Gasteiger partial charge >= 0.3 is 5.97 Å². The van der Waals surface area contributed by atoms with Gasteiger partial charge in [0.25, 0.3) is 5.56 Å². The Kier molecular flexibility index (Phi) is 6.40. The number of benzene rings is 2. The second-order valence-electron chi connectivity index (χ2n) is 8.01. The zero-order valence-electron chi connectivity index (χ0n) is 18.7. The number of nitrogens with zero attached hydrogens (tertiary/aromatic N) is 6. The van der Waals surface area contributed by atoms with Gasteiger partial charge in [0.2, 0.25) is 0 Å². The molecule has 0 saturated carbocycles. The average Bonchev–Trinajstić information content (AvgIpc) is 3.27. The quantitative estimate of drug-likeness (QED) is 0.347. The minimum atomic E-state index is -0.456. The van der Waals surface area contributed by atoms with E-state index >= 15 is 0 Å². The van der Waals surface area contributed by atoms with Gasteiger partial charge < -0.3 is 14.2 Å². The van der Waals surface area contributed by atoms with E-state index in [4.69, 9.17) is 16.3 Å². The van der Waals surface area contributed by atoms with Crippen molar-refractivity contribution in [1.29, 1.82) is 0 Å². The van der Waals surface area contributed by atoms with Crippen LogP contribution in [0.2, 0.25) is 5.02 Å². The number of carbonyl (C=O) groups excluding carboxylic acids is 1. The van der Waals surface area contributed by atoms with Crippen LogP contribution in [0.4, 0.5) is 5.69 Å². The number of halogens is 2. The minimum Gasteiger partial charge on any atom is -0.465 e. The highest BCUT2D eigenvalue weighted by molar-refractivity contribution is 9.10. The summed E-state index contributed by atoms with van der Waals surface area (Å²) in [5.41, 5.74) is 2.11. The van der Waals surface area contributed by atoms with Crippen molar-refractivity contribution in [2.45, 2.75) is 19.5 Å². The number of hydrogen-bond donors (Lipinski definition) is 0. The molecular weight excluding hydrogens is 536 g/mol. The molecule has 0 spiro atoms. The van der Waals surface area contributed by atoms with Gasteiger partial charge in [-0.25, -0.2) is 4.79 Å². The molecule has 0 saturated heterocycles. The highest BCUT2D eigenvalue weighted by Crippen LogP contribution is 2.26. The summed E-state index contributed by atoms with van der Waals surface area (Å²) >= 11 is 10.0. The summed E-state index contributed by atoms with van der Waals surface area (Å²) in [5.74, 6) is 1.25. The maximum Gasteiger partial charge on any atom is 0.337 e. The Morgan fingerprint density at radius 1 is 1.14 bits per heavy atom. The van der Waals surface area contributed by atoms with Gasteiger partial charge in [0, 0.05) is 24.0 Å². The Balaban J connectivity index is 1.37. The Hall–Kier alpha value is -3.50. The number of rotatable bonds is 5. The lowest BCUT2D eigenvalue weighted by Crippen LogP contribution is -2.36. The van der Waals surface area contributed by atoms with Gasteiger partial charge in [-0.2, -0.15) is 9.78 Å². The van der Waals surface area contributed by atoms with Crippen molar-refractivity contribution in [3.63, 3.8) is 0 Å². The second-order valence-corrected chi connectivity index (χ2v) is 9.31. The fourth-order valence-electron chi connectivity index (χ4n) is 4.07. The number of hydrogen-bond acceptors (Lipinski definition) is 7. The molecule has 1 aliphatic rings. The maximum absolute atomic E-state index is 13.0. The number of esters is 1. The summed E-state index contributed by atoms with van der Waals surface area (Å²) in [6.45, 7) is 1.76. The van der Waals surface area contributed by atoms with Crippen molar-refractivity contribution in [2.24, 2.45) is 0 Å². The van der Waals surface area contributed by atoms with Crippen LogP contribution in [0.25, 0.3) is 5.69 Å². The normalized spacial score (nSPS) is 12.9. The Bertz CT molecular complexity index is 1470. The summed E-state index contributed by atoms with van der Waals surface area (Å²) in [4.78, 5) is 26.6. The molecule has 2 aromatic carbocycles. The van der Waals surface area contributed by atoms with Gasteiger partial charge in [0.1, 0.15) is 10.8 Å². The fourth-order valence-corrected chi connectivity index (χ4v) is 4.76. The van der Waals surface area contributed by atoms with Gasteiger partial charge in [-0.15, -0.1) is 10.2 Å². The van der Waals surface area contributed by atoms with Gasteiger partial charge in [-0.1, -0.05) is 39.7 Å². The highest BCUT2D eigenvalue weighted by atomic mass is 79.9. The van der Waals surface area contributed by atoms with Crippen LogP contribution >= 0.6 is 27.5 Å². The third-order valence-corrected chi connectivity index (χ3v) is 6.70. The number of carbonyl (C=O) groups is 1. The van der Waals surface area contributed by atoms with E-state index < -0.39 is 11.5 Å². The Labute approximate surface area is 214 Å². The molecule has 9 nitrogen and oxygen atoms in total. The van der Waals surface area contributed by atoms with E-state index in [-0.39, 0.29) is 5.02 Å². The average molecular weight is 556 g/mol. The summed E-state index contributed by atoms with van der Waals surface area (Å²) < 4.78 is 9.05. The van der Waals surface area contributed by atoms with E-state index in [2.05, 4.69) is 47.9 Å². The molecule has 0 amide bonds. The molecule has 4 aromatic rings. The van der Waals surface area contributed by atoms with Crippen LogP contribution in [0.3, 0.4) is 0 Å². The van der Waals surface area contributed by atoms with Crippen LogP contribution in [0.15, 0.2) is 64.0 Å². The predicted molar refractivity (Wildman–Crippen MR) is 134 cm³/mol. The molecule has 35 heavy (non-hydrogen) atoms. The highest BCUT2D eigenvalue weighted by Gasteiger charge is 2.24. The number of fused-ring (bicyclic) bond motifs is 1. The molecule has 11 heteroatoms. The van der Waals surface area contributed by atoms with Crippen molar-refractivity contribution >= 4 is 39.2 Å². The molecule has 2 aromatic heterocycles. The molecule has 0 N–H and O–H groups in total. The van der Waals surface area contributed by atoms with Gasteiger partial charge in [-0.05, 0) is 42.0 Å². The summed E-state index contributed by atoms with van der Waals surface area (Å²) in [7, 11) is 1.31. The van der Waals surface area contributed by atoms with Crippen molar-refractivity contribution in [3.8, 4) is 5.69 Å². The first-order chi connectivity index (χ1) is 16.9. The smallest absolute Gasteiger partial charge is 0.337 e. The van der Waals surface area contributed by atoms with E-state index in [1.54, 1.807) is 30.5 Å². The molecule has 1 aliphatic heterocycles. The number of ether oxygens (including phenoxy) is 1. The van der Waals surface area contributed by atoms with Crippen LogP contribution in [0, 0.1) is 0 Å². The minimum absolute atomic E-state index is 0.0689. The lowest BCUT2D eigenvalue weighted by atomic mass is 10.1. The van der Waals surface area contributed by atoms with E-state index in [1.165, 1.54) is 11.8 Å². The Morgan fingerprint density at radius 3 is 2.69 bits per heavy atom. The van der Waals surface area contributed by atoms with E-state index in [9.17, 15) is 9.59 Å². The topological polar surface area (TPSA) is 95.1 Å². The number of anilines is 1. The maximum atomic E-state index is 13.0. The molecule has 0 radical (unpaired) electrons. The predicted octanol–water partition coefficient (Wildman–Crippen LogP) is 3.64. The molecule has 178 valence electrons. The first-order valence-corrected chi connectivity index (χ1v) is 12.0. The van der Waals surface area contributed by atoms with Crippen LogP contribution in [-0.2, 0) is 24.2 Å². The van der Waals surface area contributed by atoms with Crippen molar-refractivity contribution < 1.29 is 9.53 Å². The van der Waals surface area contributed by atoms with E-state index in [0.717, 1.165) is 21.7 Å². The molecule has 0 aliphatic carbocycles. The van der Waals surface area contributed by atoms with Crippen LogP contribution in [0.1, 0.15) is 27.6 Å². The zero-order valence-corrected chi connectivity index (χ0v) is 21.0. The molecular formula is C24H20BrClN6O3. The molecule has 0 bridgehead atoms. The first kappa shape index (κ1) is 23.3. The SMILES string of the molecule is COC(=O)c1ccc(-n2ncc(N3CCn4c(Cc5cccc(Br)c5)nnc4C3)c(Cl)c2=O)cc1. The monoisotopic (exact) mass is 554 g/mol. The standard InChI is InChI=1S/C24H20BrClN6O3/c1-35-24(34)16-5-7-18(8-6-16)32-23(33)22(26)19(13-27-32)30-9-10-31-20(28-29-21(31)14-30)12-15-3-2-4-17(25)11-15/h2-8,11,13H,9-10,12,14H2,1H3. The van der Waals surface area contributed by atoms with Crippen LogP contribution in [-0.4, -0.2) is 44.2 Å². The fraction of sp³-hybridized carbons (Fsp3) is 0.208. The van der Waals surface area contributed by atoms with Crippen LogP contribution in [0.5, 0.6) is 0 Å². The van der Waals surface area contributed by atoms with Gasteiger partial charge in [-0.3, -0.25) is 4.79 Å². The molecule has 0 atom stereocenters. The number of aromatic nitrogens is 5. The Morgan fingerprint density at radius 2 is 1.94 bits per heavy atom. The summed E-state index contributed by atoms with van der Waals surface area (Å²) in [5, 5.41) is 13.2. The summed E-state index contributed by atoms with van der Waals surface area (Å²) in [6, 6.07) is 14.5. The first-order valence-electron chi connectivity index (χ1n) is 10.8. The van der Waals surface area contributed by atoms with Gasteiger partial charge in [0.05, 0.1) is 36.8 Å². The van der Waals surface area contributed by atoms with E-state index in [0.29, 0.717) is 43.0 Å². The van der Waals surface area contributed by atoms with E-state index in [1.807, 2.05) is 17.0 Å². The van der Waals surface area contributed by atoms with Crippen molar-refractivity contribution in [2.75, 3.05) is 18.6 Å². The van der Waals surface area contributed by atoms with Gasteiger partial charge in [0.15, 0.2) is 5.82 Å². The van der Waals surface area contributed by atoms with Crippen molar-refractivity contribution in [1.82, 2.24) is 24.5 Å². The van der Waals surface area contributed by atoms with Crippen LogP contribution < -0.4 is 10.5 Å². The largest absolute Gasteiger partial charge is 0.465 e. The second kappa shape index (κ2) is 9.63. The lowest BCUT2D eigenvalue weighted by Gasteiger charge is -2.30. The molecule has 5 rings (SSSR count). The zero-order chi connectivity index (χ0) is 24.5.